The second kappa shape index (κ2) is 9.33. The van der Waals surface area contributed by atoms with E-state index >= 15 is 0 Å². The minimum atomic E-state index is -3.16. The van der Waals surface area contributed by atoms with Crippen molar-refractivity contribution in [1.29, 1.82) is 0 Å². The number of nitrogens with zero attached hydrogens (tertiary/aromatic N) is 1. The van der Waals surface area contributed by atoms with E-state index in [1.165, 1.54) is 22.4 Å². The molecule has 0 amide bonds. The summed E-state index contributed by atoms with van der Waals surface area (Å²) in [6.07, 6.45) is 2.43. The predicted octanol–water partition coefficient (Wildman–Crippen LogP) is 5.11. The average Bonchev–Trinajstić information content (AvgIpc) is 2.66. The van der Waals surface area contributed by atoms with E-state index in [4.69, 9.17) is 4.74 Å². The third-order valence-electron chi connectivity index (χ3n) is 6.11. The topological polar surface area (TPSA) is 46.6 Å². The van der Waals surface area contributed by atoms with Crippen LogP contribution in [0.1, 0.15) is 56.9 Å². The summed E-state index contributed by atoms with van der Waals surface area (Å²) in [5, 5.41) is 0. The third-order valence-corrected chi connectivity index (χ3v) is 8.69. The number of hydrogen-bond donors (Lipinski definition) is 0. The molecule has 1 heterocycles. The lowest BCUT2D eigenvalue weighted by Crippen LogP contribution is -2.45. The van der Waals surface area contributed by atoms with Gasteiger partial charge in [0.1, 0.15) is 0 Å². The molecule has 0 unspecified atom stereocenters. The molecule has 0 N–H and O–H groups in total. The monoisotopic (exact) mass is 443 g/mol. The molecule has 0 saturated carbocycles. The van der Waals surface area contributed by atoms with Crippen molar-refractivity contribution >= 4 is 15.5 Å². The van der Waals surface area contributed by atoms with Crippen LogP contribution >= 0.6 is 0 Å². The number of rotatable bonds is 6. The van der Waals surface area contributed by atoms with Crippen LogP contribution in [-0.4, -0.2) is 38.5 Å². The van der Waals surface area contributed by atoms with Gasteiger partial charge in [-0.1, -0.05) is 30.3 Å². The van der Waals surface area contributed by atoms with Gasteiger partial charge in [-0.3, -0.25) is 0 Å². The summed E-state index contributed by atoms with van der Waals surface area (Å²) in [5.74, 6) is 0.0934. The summed E-state index contributed by atoms with van der Waals surface area (Å²) in [6, 6.07) is 14.8. The van der Waals surface area contributed by atoms with Crippen LogP contribution in [0.3, 0.4) is 0 Å². The summed E-state index contributed by atoms with van der Waals surface area (Å²) < 4.78 is 30.0. The van der Waals surface area contributed by atoms with E-state index in [0.29, 0.717) is 0 Å². The first-order valence-electron chi connectivity index (χ1n) is 11.2. The number of sulfone groups is 1. The van der Waals surface area contributed by atoms with Crippen LogP contribution in [0.2, 0.25) is 0 Å². The Morgan fingerprint density at radius 2 is 1.52 bits per heavy atom. The first-order chi connectivity index (χ1) is 14.4. The summed E-state index contributed by atoms with van der Waals surface area (Å²) in [4.78, 5) is 2.42. The van der Waals surface area contributed by atoms with Crippen molar-refractivity contribution in [1.82, 2.24) is 0 Å². The molecule has 2 aromatic carbocycles. The van der Waals surface area contributed by atoms with Gasteiger partial charge in [-0.25, -0.2) is 8.42 Å². The Balaban J connectivity index is 1.61. The molecule has 31 heavy (non-hydrogen) atoms. The minimum absolute atomic E-state index is 0.0934. The van der Waals surface area contributed by atoms with Crippen molar-refractivity contribution in [3.8, 4) is 0 Å². The fourth-order valence-electron chi connectivity index (χ4n) is 4.06. The molecule has 4 nitrogen and oxygen atoms in total. The number of morpholine rings is 1. The van der Waals surface area contributed by atoms with E-state index in [0.717, 1.165) is 31.5 Å². The standard InChI is InChI=1S/C26H37NO3S/c1-19-15-25(27-16-20(2)30-21(3)17-27)14-13-24(19)12-11-22-7-9-23(10-8-22)18-31(28,29)26(4,5)6/h7-10,13-15,20-21H,11-12,16-18H2,1-6H3/t20-,21+. The molecule has 0 aromatic heterocycles. The summed E-state index contributed by atoms with van der Waals surface area (Å²) in [6.45, 7) is 13.6. The molecular weight excluding hydrogens is 406 g/mol. The molecule has 1 aliphatic heterocycles. The van der Waals surface area contributed by atoms with Crippen LogP contribution in [-0.2, 0) is 33.2 Å². The van der Waals surface area contributed by atoms with Crippen LogP contribution in [0.4, 0.5) is 5.69 Å². The van der Waals surface area contributed by atoms with Gasteiger partial charge in [-0.05, 0) is 88.8 Å². The zero-order valence-electron chi connectivity index (χ0n) is 19.8. The molecule has 1 aliphatic rings. The first-order valence-corrected chi connectivity index (χ1v) is 12.9. The van der Waals surface area contributed by atoms with E-state index in [1.807, 2.05) is 12.1 Å². The van der Waals surface area contributed by atoms with Crippen molar-refractivity contribution in [3.05, 3.63) is 64.7 Å². The molecule has 1 saturated heterocycles. The fourth-order valence-corrected chi connectivity index (χ4v) is 5.13. The Morgan fingerprint density at radius 1 is 0.935 bits per heavy atom. The van der Waals surface area contributed by atoms with Gasteiger partial charge in [-0.15, -0.1) is 0 Å². The number of anilines is 1. The average molecular weight is 444 g/mol. The van der Waals surface area contributed by atoms with Crippen LogP contribution in [0.5, 0.6) is 0 Å². The summed E-state index contributed by atoms with van der Waals surface area (Å²) >= 11 is 0. The molecule has 3 rings (SSSR count). The smallest absolute Gasteiger partial charge is 0.159 e. The molecule has 0 spiro atoms. The zero-order chi connectivity index (χ0) is 22.8. The summed E-state index contributed by atoms with van der Waals surface area (Å²) in [5.41, 5.74) is 6.03. The number of aryl methyl sites for hydroxylation is 3. The molecular formula is C26H37NO3S. The van der Waals surface area contributed by atoms with E-state index in [-0.39, 0.29) is 18.0 Å². The van der Waals surface area contributed by atoms with Crippen LogP contribution in [0.25, 0.3) is 0 Å². The van der Waals surface area contributed by atoms with E-state index in [1.54, 1.807) is 20.8 Å². The molecule has 170 valence electrons. The Hall–Kier alpha value is -1.85. The van der Waals surface area contributed by atoms with Crippen LogP contribution in [0.15, 0.2) is 42.5 Å². The van der Waals surface area contributed by atoms with Gasteiger partial charge < -0.3 is 9.64 Å². The van der Waals surface area contributed by atoms with Crippen molar-refractivity contribution < 1.29 is 13.2 Å². The highest BCUT2D eigenvalue weighted by atomic mass is 32.2. The number of benzene rings is 2. The van der Waals surface area contributed by atoms with Gasteiger partial charge >= 0.3 is 0 Å². The van der Waals surface area contributed by atoms with Gasteiger partial charge in [0.25, 0.3) is 0 Å². The fraction of sp³-hybridized carbons (Fsp3) is 0.538. The normalized spacial score (nSPS) is 20.1. The lowest BCUT2D eigenvalue weighted by atomic mass is 9.99. The highest BCUT2D eigenvalue weighted by Gasteiger charge is 2.28. The molecule has 0 radical (unpaired) electrons. The van der Waals surface area contributed by atoms with Gasteiger partial charge in [0.05, 0.1) is 22.7 Å². The van der Waals surface area contributed by atoms with Crippen molar-refractivity contribution in [2.24, 2.45) is 0 Å². The van der Waals surface area contributed by atoms with Crippen molar-refractivity contribution in [3.63, 3.8) is 0 Å². The Kier molecular flexibility index (Phi) is 7.17. The quantitative estimate of drug-likeness (QED) is 0.623. The second-order valence-corrected chi connectivity index (χ2v) is 12.7. The molecule has 2 atom stereocenters. The zero-order valence-corrected chi connectivity index (χ0v) is 20.6. The molecule has 2 aromatic rings. The lowest BCUT2D eigenvalue weighted by molar-refractivity contribution is -0.00522. The maximum Gasteiger partial charge on any atom is 0.159 e. The Bertz CT molecular complexity index is 980. The Morgan fingerprint density at radius 3 is 2.06 bits per heavy atom. The largest absolute Gasteiger partial charge is 0.372 e. The predicted molar refractivity (Wildman–Crippen MR) is 130 cm³/mol. The first kappa shape index (κ1) is 23.8. The molecule has 0 bridgehead atoms. The lowest BCUT2D eigenvalue weighted by Gasteiger charge is -2.37. The highest BCUT2D eigenvalue weighted by molar-refractivity contribution is 7.91. The highest BCUT2D eigenvalue weighted by Crippen LogP contribution is 2.25. The maximum absolute atomic E-state index is 12.4. The van der Waals surface area contributed by atoms with Gasteiger partial charge in [0, 0.05) is 18.8 Å². The maximum atomic E-state index is 12.4. The van der Waals surface area contributed by atoms with Gasteiger partial charge in [0.2, 0.25) is 0 Å². The van der Waals surface area contributed by atoms with Crippen LogP contribution < -0.4 is 4.90 Å². The van der Waals surface area contributed by atoms with E-state index in [2.05, 4.69) is 56.0 Å². The Labute approximate surface area is 188 Å². The van der Waals surface area contributed by atoms with Crippen LogP contribution in [0, 0.1) is 6.92 Å². The number of hydrogen-bond acceptors (Lipinski definition) is 4. The van der Waals surface area contributed by atoms with Crippen molar-refractivity contribution in [2.45, 2.75) is 77.1 Å². The minimum Gasteiger partial charge on any atom is -0.372 e. The van der Waals surface area contributed by atoms with E-state index < -0.39 is 14.6 Å². The van der Waals surface area contributed by atoms with E-state index in [9.17, 15) is 8.42 Å². The third kappa shape index (κ3) is 6.11. The molecule has 5 heteroatoms. The van der Waals surface area contributed by atoms with Crippen molar-refractivity contribution in [2.75, 3.05) is 18.0 Å². The summed E-state index contributed by atoms with van der Waals surface area (Å²) in [7, 11) is -3.16. The number of ether oxygens (including phenoxy) is 1. The SMILES string of the molecule is Cc1cc(N2C[C@@H](C)O[C@@H](C)C2)ccc1CCc1ccc(CS(=O)(=O)C(C)(C)C)cc1. The van der Waals surface area contributed by atoms with Gasteiger partial charge in [0.15, 0.2) is 9.84 Å². The van der Waals surface area contributed by atoms with Gasteiger partial charge in [-0.2, -0.15) is 0 Å². The molecule has 0 aliphatic carbocycles. The second-order valence-electron chi connectivity index (χ2n) is 9.96. The molecule has 1 fully saturated rings.